The van der Waals surface area contributed by atoms with E-state index in [0.29, 0.717) is 11.2 Å². The van der Waals surface area contributed by atoms with Gasteiger partial charge in [-0.1, -0.05) is 43.2 Å². The summed E-state index contributed by atoms with van der Waals surface area (Å²) < 4.78 is 3.60. The molecule has 1 fully saturated rings. The Morgan fingerprint density at radius 1 is 1.17 bits per heavy atom. The molecule has 0 radical (unpaired) electrons. The number of benzene rings is 1. The van der Waals surface area contributed by atoms with Crippen LogP contribution in [0, 0.1) is 5.92 Å². The van der Waals surface area contributed by atoms with Crippen LogP contribution in [0.2, 0.25) is 0 Å². The quantitative estimate of drug-likeness (QED) is 0.693. The lowest BCUT2D eigenvalue weighted by molar-refractivity contribution is 0.390. The second kappa shape index (κ2) is 6.00. The molecule has 1 saturated carbocycles. The third-order valence-corrected chi connectivity index (χ3v) is 5.93. The molecule has 1 aliphatic carbocycles. The van der Waals surface area contributed by atoms with Gasteiger partial charge in [0.05, 0.1) is 10.9 Å². The summed E-state index contributed by atoms with van der Waals surface area (Å²) in [6.07, 6.45) is 6.72. The molecule has 3 aromatic rings. The van der Waals surface area contributed by atoms with Gasteiger partial charge in [0, 0.05) is 12.8 Å². The topological polar surface area (TPSA) is 52.2 Å². The van der Waals surface area contributed by atoms with Crippen LogP contribution in [0.5, 0.6) is 0 Å². The van der Waals surface area contributed by atoms with Gasteiger partial charge in [-0.3, -0.25) is 13.8 Å². The number of nitrogens with zero attached hydrogens (tertiary/aromatic N) is 4. The van der Waals surface area contributed by atoms with E-state index in [4.69, 9.17) is 0 Å². The van der Waals surface area contributed by atoms with Crippen LogP contribution in [0.3, 0.4) is 0 Å². The van der Waals surface area contributed by atoms with Crippen molar-refractivity contribution >= 4 is 28.4 Å². The predicted molar refractivity (Wildman–Crippen MR) is 93.0 cm³/mol. The van der Waals surface area contributed by atoms with Crippen molar-refractivity contribution in [3.8, 4) is 0 Å². The number of rotatable bonds is 3. The van der Waals surface area contributed by atoms with Crippen LogP contribution < -0.4 is 5.56 Å². The third-order valence-electron chi connectivity index (χ3n) is 4.77. The first kappa shape index (κ1) is 14.8. The first-order chi connectivity index (χ1) is 11.3. The van der Waals surface area contributed by atoms with Gasteiger partial charge < -0.3 is 0 Å². The van der Waals surface area contributed by atoms with Gasteiger partial charge in [-0.05, 0) is 30.9 Å². The average Bonchev–Trinajstić information content (AvgIpc) is 3.03. The second-order valence-corrected chi connectivity index (χ2v) is 7.30. The minimum absolute atomic E-state index is 0.0238. The zero-order valence-corrected chi connectivity index (χ0v) is 14.1. The summed E-state index contributed by atoms with van der Waals surface area (Å²) in [5.41, 5.74) is 0.867. The van der Waals surface area contributed by atoms with Crippen LogP contribution in [0.4, 0.5) is 0 Å². The van der Waals surface area contributed by atoms with Crippen molar-refractivity contribution in [2.24, 2.45) is 13.0 Å². The first-order valence-electron chi connectivity index (χ1n) is 8.21. The highest BCUT2D eigenvalue weighted by atomic mass is 32.2. The van der Waals surface area contributed by atoms with Crippen molar-refractivity contribution in [2.75, 3.05) is 5.75 Å². The molecular weight excluding hydrogens is 308 g/mol. The molecule has 5 nitrogen and oxygen atoms in total. The monoisotopic (exact) mass is 328 g/mol. The van der Waals surface area contributed by atoms with Crippen molar-refractivity contribution in [1.29, 1.82) is 0 Å². The molecule has 0 unspecified atom stereocenters. The molecule has 0 spiro atoms. The van der Waals surface area contributed by atoms with Gasteiger partial charge in [0.25, 0.3) is 5.56 Å². The molecule has 2 aromatic heterocycles. The lowest BCUT2D eigenvalue weighted by Gasteiger charge is -2.20. The summed E-state index contributed by atoms with van der Waals surface area (Å²) in [5, 5.41) is 10.2. The standard InChI is InChI=1S/C17H20N4OS/c1-20-15(22)13-9-5-6-10-14(13)21-16(20)18-19-17(21)23-11-12-7-3-2-4-8-12/h5-6,9-10,12H,2-4,7-8,11H2,1H3. The molecular formula is C17H20N4OS. The Balaban J connectivity index is 1.77. The Kier molecular flexibility index (Phi) is 3.85. The predicted octanol–water partition coefficient (Wildman–Crippen LogP) is 3.25. The molecule has 23 heavy (non-hydrogen) atoms. The maximum atomic E-state index is 12.4. The van der Waals surface area contributed by atoms with Crippen molar-refractivity contribution in [3.63, 3.8) is 0 Å². The van der Waals surface area contributed by atoms with Crippen LogP contribution in [0.25, 0.3) is 16.7 Å². The Labute approximate surface area is 138 Å². The Bertz CT molecular complexity index is 908. The van der Waals surface area contributed by atoms with Crippen molar-refractivity contribution < 1.29 is 0 Å². The zero-order chi connectivity index (χ0) is 15.8. The molecule has 0 aliphatic heterocycles. The summed E-state index contributed by atoms with van der Waals surface area (Å²) in [6.45, 7) is 0. The minimum atomic E-state index is -0.0238. The summed E-state index contributed by atoms with van der Waals surface area (Å²) >= 11 is 1.77. The number of thioether (sulfide) groups is 1. The molecule has 0 bridgehead atoms. The lowest BCUT2D eigenvalue weighted by Crippen LogP contribution is -2.20. The van der Waals surface area contributed by atoms with Crippen molar-refractivity contribution in [1.82, 2.24) is 19.2 Å². The molecule has 4 rings (SSSR count). The molecule has 0 atom stereocenters. The number of fused-ring (bicyclic) bond motifs is 3. The Morgan fingerprint density at radius 3 is 2.78 bits per heavy atom. The van der Waals surface area contributed by atoms with Crippen LogP contribution >= 0.6 is 11.8 Å². The van der Waals surface area contributed by atoms with Crippen molar-refractivity contribution in [2.45, 2.75) is 37.3 Å². The Hall–Kier alpha value is -1.82. The minimum Gasteiger partial charge on any atom is -0.279 e. The highest BCUT2D eigenvalue weighted by Crippen LogP contribution is 2.30. The third kappa shape index (κ3) is 2.55. The molecule has 120 valence electrons. The number of hydrogen-bond donors (Lipinski definition) is 0. The van der Waals surface area contributed by atoms with E-state index in [0.717, 1.165) is 22.3 Å². The maximum absolute atomic E-state index is 12.4. The molecule has 1 aromatic carbocycles. The van der Waals surface area contributed by atoms with E-state index in [1.807, 2.05) is 28.7 Å². The van der Waals surface area contributed by atoms with Gasteiger partial charge in [-0.25, -0.2) is 0 Å². The highest BCUT2D eigenvalue weighted by molar-refractivity contribution is 7.99. The zero-order valence-electron chi connectivity index (χ0n) is 13.2. The van der Waals surface area contributed by atoms with Gasteiger partial charge in [-0.2, -0.15) is 0 Å². The fourth-order valence-electron chi connectivity index (χ4n) is 3.45. The van der Waals surface area contributed by atoms with Crippen LogP contribution in [-0.4, -0.2) is 24.9 Å². The summed E-state index contributed by atoms with van der Waals surface area (Å²) in [4.78, 5) is 12.4. The summed E-state index contributed by atoms with van der Waals surface area (Å²) in [7, 11) is 1.76. The van der Waals surface area contributed by atoms with Crippen LogP contribution in [-0.2, 0) is 7.05 Å². The van der Waals surface area contributed by atoms with E-state index in [2.05, 4.69) is 10.2 Å². The molecule has 0 N–H and O–H groups in total. The fourth-order valence-corrected chi connectivity index (χ4v) is 4.58. The van der Waals surface area contributed by atoms with Gasteiger partial charge in [0.2, 0.25) is 5.78 Å². The second-order valence-electron chi connectivity index (χ2n) is 6.31. The van der Waals surface area contributed by atoms with Gasteiger partial charge in [0.15, 0.2) is 5.16 Å². The van der Waals surface area contributed by atoms with Gasteiger partial charge >= 0.3 is 0 Å². The molecule has 1 aliphatic rings. The first-order valence-corrected chi connectivity index (χ1v) is 9.20. The highest BCUT2D eigenvalue weighted by Gasteiger charge is 2.18. The van der Waals surface area contributed by atoms with E-state index >= 15 is 0 Å². The molecule has 2 heterocycles. The Morgan fingerprint density at radius 2 is 1.96 bits per heavy atom. The molecule has 6 heteroatoms. The molecule has 0 amide bonds. The van der Waals surface area contributed by atoms with Crippen molar-refractivity contribution in [3.05, 3.63) is 34.6 Å². The van der Waals surface area contributed by atoms with Crippen LogP contribution in [0.15, 0.2) is 34.2 Å². The van der Waals surface area contributed by atoms with Crippen LogP contribution in [0.1, 0.15) is 32.1 Å². The van der Waals surface area contributed by atoms with Gasteiger partial charge in [0.1, 0.15) is 0 Å². The van der Waals surface area contributed by atoms with E-state index in [-0.39, 0.29) is 5.56 Å². The largest absolute Gasteiger partial charge is 0.279 e. The molecule has 0 saturated heterocycles. The van der Waals surface area contributed by atoms with E-state index < -0.39 is 0 Å². The fraction of sp³-hybridized carbons (Fsp3) is 0.471. The maximum Gasteiger partial charge on any atom is 0.262 e. The number of aryl methyl sites for hydroxylation is 1. The van der Waals surface area contributed by atoms with E-state index in [1.54, 1.807) is 23.4 Å². The SMILES string of the molecule is Cn1c(=O)c2ccccc2n2c(SCC3CCCCC3)nnc12. The van der Waals surface area contributed by atoms with E-state index in [1.165, 1.54) is 32.1 Å². The van der Waals surface area contributed by atoms with Gasteiger partial charge in [-0.15, -0.1) is 10.2 Å². The summed E-state index contributed by atoms with van der Waals surface area (Å²) in [5.74, 6) is 2.47. The lowest BCUT2D eigenvalue weighted by atomic mass is 9.91. The number of aromatic nitrogens is 4. The summed E-state index contributed by atoms with van der Waals surface area (Å²) in [6, 6.07) is 7.69. The number of para-hydroxylation sites is 1. The normalized spacial score (nSPS) is 16.4. The smallest absolute Gasteiger partial charge is 0.262 e. The van der Waals surface area contributed by atoms with E-state index in [9.17, 15) is 4.79 Å². The number of hydrogen-bond acceptors (Lipinski definition) is 4. The average molecular weight is 328 g/mol.